The summed E-state index contributed by atoms with van der Waals surface area (Å²) in [4.78, 5) is 0. The van der Waals surface area contributed by atoms with Crippen molar-refractivity contribution in [1.29, 1.82) is 0 Å². The van der Waals surface area contributed by atoms with Gasteiger partial charge in [-0.2, -0.15) is 0 Å². The maximum absolute atomic E-state index is 9.13. The quantitative estimate of drug-likeness (QED) is 0.427. The van der Waals surface area contributed by atoms with Gasteiger partial charge in [0.2, 0.25) is 0 Å². The largest absolute Gasteiger partial charge is 0.384 e. The van der Waals surface area contributed by atoms with E-state index in [0.717, 1.165) is 0 Å². The van der Waals surface area contributed by atoms with Gasteiger partial charge in [-0.1, -0.05) is 17.7 Å². The molecular weight excluding hydrogens is 154 g/mol. The van der Waals surface area contributed by atoms with Gasteiger partial charge >= 0.3 is 0 Å². The minimum atomic E-state index is -1.72. The molecule has 0 aliphatic heterocycles. The van der Waals surface area contributed by atoms with Crippen molar-refractivity contribution in [2.75, 3.05) is 0 Å². The lowest BCUT2D eigenvalue weighted by molar-refractivity contribution is -0.0106. The number of hydrogen-bond acceptors (Lipinski definition) is 3. The second-order valence-corrected chi connectivity index (χ2v) is 2.66. The van der Waals surface area contributed by atoms with Crippen LogP contribution in [0.5, 0.6) is 0 Å². The van der Waals surface area contributed by atoms with Gasteiger partial charge in [-0.05, 0) is 12.2 Å². The van der Waals surface area contributed by atoms with Crippen LogP contribution in [-0.2, 0) is 0 Å². The first-order valence-corrected chi connectivity index (χ1v) is 3.16. The summed E-state index contributed by atoms with van der Waals surface area (Å²) in [6, 6.07) is 0. The minimum absolute atomic E-state index is 0.329. The Balaban J connectivity index is 2.88. The predicted octanol–water partition coefficient (Wildman–Crippen LogP) is -0.313. The van der Waals surface area contributed by atoms with Gasteiger partial charge in [0.15, 0.2) is 5.72 Å². The predicted molar refractivity (Wildman–Crippen MR) is 38.2 cm³/mol. The summed E-state index contributed by atoms with van der Waals surface area (Å²) in [5, 5.41) is 18.4. The average molecular weight is 162 g/mol. The van der Waals surface area contributed by atoms with E-state index in [1.807, 2.05) is 0 Å². The van der Waals surface area contributed by atoms with Crippen molar-refractivity contribution in [2.24, 2.45) is 5.73 Å². The summed E-state index contributed by atoms with van der Waals surface area (Å²) < 4.78 is 0. The molecule has 2 unspecified atom stereocenters. The van der Waals surface area contributed by atoms with Crippen molar-refractivity contribution in [2.45, 2.75) is 11.8 Å². The van der Waals surface area contributed by atoms with Gasteiger partial charge in [0.1, 0.15) is 6.10 Å². The Labute approximate surface area is 63.4 Å². The maximum Gasteiger partial charge on any atom is 0.164 e. The van der Waals surface area contributed by atoms with Crippen LogP contribution in [-0.4, -0.2) is 22.0 Å². The Hall–Kier alpha value is -0.350. The molecule has 3 nitrogen and oxygen atoms in total. The maximum atomic E-state index is 9.13. The normalized spacial score (nSPS) is 39.6. The van der Waals surface area contributed by atoms with Gasteiger partial charge in [0.05, 0.1) is 0 Å². The highest BCUT2D eigenvalue weighted by Crippen LogP contribution is 2.18. The van der Waals surface area contributed by atoms with Crippen LogP contribution in [0.2, 0.25) is 0 Å². The van der Waals surface area contributed by atoms with Crippen molar-refractivity contribution in [1.82, 2.24) is 0 Å². The Morgan fingerprint density at radius 3 is 2.70 bits per heavy atom. The topological polar surface area (TPSA) is 66.5 Å². The minimum Gasteiger partial charge on any atom is -0.384 e. The van der Waals surface area contributed by atoms with Crippen LogP contribution in [0.15, 0.2) is 23.3 Å². The number of nitrogens with two attached hydrogens (primary N) is 1. The van der Waals surface area contributed by atoms with Gasteiger partial charge in [-0.3, -0.25) is 5.73 Å². The van der Waals surface area contributed by atoms with Gasteiger partial charge in [0, 0.05) is 5.03 Å². The van der Waals surface area contributed by atoms with E-state index in [2.05, 4.69) is 0 Å². The van der Waals surface area contributed by atoms with E-state index in [1.54, 1.807) is 0 Å². The number of aliphatic hydroxyl groups excluding tert-OH is 1. The molecule has 0 saturated carbocycles. The molecule has 0 bridgehead atoms. The first kappa shape index (κ1) is 7.75. The summed E-state index contributed by atoms with van der Waals surface area (Å²) >= 11 is 5.49. The Morgan fingerprint density at radius 2 is 2.30 bits per heavy atom. The third kappa shape index (κ3) is 1.38. The van der Waals surface area contributed by atoms with Gasteiger partial charge in [0.25, 0.3) is 0 Å². The van der Waals surface area contributed by atoms with Crippen LogP contribution in [0.4, 0.5) is 0 Å². The fraction of sp³-hybridized carbons (Fsp3) is 0.333. The van der Waals surface area contributed by atoms with Crippen LogP contribution in [0.3, 0.4) is 0 Å². The fourth-order valence-electron chi connectivity index (χ4n) is 0.692. The number of aliphatic hydroxyl groups is 2. The molecule has 1 rings (SSSR count). The number of allylic oxidation sites excluding steroid dienone is 2. The van der Waals surface area contributed by atoms with Crippen molar-refractivity contribution in [3.63, 3.8) is 0 Å². The molecule has 10 heavy (non-hydrogen) atoms. The molecule has 4 heteroatoms. The zero-order valence-electron chi connectivity index (χ0n) is 5.16. The van der Waals surface area contributed by atoms with Crippen LogP contribution >= 0.6 is 11.6 Å². The van der Waals surface area contributed by atoms with E-state index in [-0.39, 0.29) is 0 Å². The lowest BCUT2D eigenvalue weighted by Gasteiger charge is -2.25. The van der Waals surface area contributed by atoms with Gasteiger partial charge < -0.3 is 10.2 Å². The van der Waals surface area contributed by atoms with E-state index < -0.39 is 11.8 Å². The zero-order chi connectivity index (χ0) is 7.78. The van der Waals surface area contributed by atoms with Crippen LogP contribution in [0, 0.1) is 0 Å². The Bertz CT molecular complexity index is 198. The third-order valence-corrected chi connectivity index (χ3v) is 1.52. The molecule has 0 amide bonds. The summed E-state index contributed by atoms with van der Waals surface area (Å²) in [5.41, 5.74) is 3.49. The summed E-state index contributed by atoms with van der Waals surface area (Å²) in [5.74, 6) is 0. The molecule has 0 aromatic carbocycles. The van der Waals surface area contributed by atoms with Crippen molar-refractivity contribution < 1.29 is 10.2 Å². The standard InChI is InChI=1S/C6H8ClNO2/c7-4-1-2-5(9)6(8,10)3-4/h1-3,5,9-10H,8H2. The molecule has 0 radical (unpaired) electrons. The first-order chi connectivity index (χ1) is 4.52. The average Bonchev–Trinajstić information content (AvgIpc) is 1.78. The molecule has 0 heterocycles. The number of halogens is 1. The molecule has 0 fully saturated rings. The summed E-state index contributed by atoms with van der Waals surface area (Å²) in [6.45, 7) is 0. The highest BCUT2D eigenvalue weighted by atomic mass is 35.5. The zero-order valence-corrected chi connectivity index (χ0v) is 5.92. The molecule has 0 saturated heterocycles. The summed E-state index contributed by atoms with van der Waals surface area (Å²) in [6.07, 6.45) is 2.93. The molecule has 1 aliphatic carbocycles. The number of rotatable bonds is 0. The monoisotopic (exact) mass is 161 g/mol. The lowest BCUT2D eigenvalue weighted by Crippen LogP contribution is -2.49. The van der Waals surface area contributed by atoms with Crippen LogP contribution in [0.1, 0.15) is 0 Å². The smallest absolute Gasteiger partial charge is 0.164 e. The first-order valence-electron chi connectivity index (χ1n) is 2.78. The molecule has 2 atom stereocenters. The van der Waals surface area contributed by atoms with Gasteiger partial charge in [-0.25, -0.2) is 0 Å². The van der Waals surface area contributed by atoms with Crippen LogP contribution < -0.4 is 5.73 Å². The molecule has 1 aliphatic rings. The number of hydrogen-bond donors (Lipinski definition) is 3. The second-order valence-electron chi connectivity index (χ2n) is 2.22. The third-order valence-electron chi connectivity index (χ3n) is 1.28. The van der Waals surface area contributed by atoms with E-state index in [1.165, 1.54) is 18.2 Å². The van der Waals surface area contributed by atoms with Gasteiger partial charge in [-0.15, -0.1) is 0 Å². The molecular formula is C6H8ClNO2. The van der Waals surface area contributed by atoms with E-state index in [0.29, 0.717) is 5.03 Å². The Morgan fingerprint density at radius 1 is 1.70 bits per heavy atom. The van der Waals surface area contributed by atoms with E-state index in [4.69, 9.17) is 27.5 Å². The summed E-state index contributed by atoms with van der Waals surface area (Å²) in [7, 11) is 0. The Kier molecular flexibility index (Phi) is 1.83. The van der Waals surface area contributed by atoms with Crippen molar-refractivity contribution >= 4 is 11.6 Å². The molecule has 0 spiro atoms. The highest BCUT2D eigenvalue weighted by Gasteiger charge is 2.29. The second kappa shape index (κ2) is 2.36. The van der Waals surface area contributed by atoms with E-state index in [9.17, 15) is 0 Å². The molecule has 56 valence electrons. The lowest BCUT2D eigenvalue weighted by atomic mass is 10.0. The molecule has 0 aromatic rings. The molecule has 4 N–H and O–H groups in total. The molecule has 0 aromatic heterocycles. The fourth-order valence-corrected chi connectivity index (χ4v) is 0.939. The van der Waals surface area contributed by atoms with Crippen molar-refractivity contribution in [3.8, 4) is 0 Å². The van der Waals surface area contributed by atoms with Crippen LogP contribution in [0.25, 0.3) is 0 Å². The van der Waals surface area contributed by atoms with Crippen molar-refractivity contribution in [3.05, 3.63) is 23.3 Å². The van der Waals surface area contributed by atoms with E-state index >= 15 is 0 Å². The SMILES string of the molecule is NC1(O)C=C(Cl)C=CC1O. The highest BCUT2D eigenvalue weighted by molar-refractivity contribution is 6.31.